The first-order valence-corrected chi connectivity index (χ1v) is 6.58. The fourth-order valence-corrected chi connectivity index (χ4v) is 2.20. The SMILES string of the molecule is COC(=O)c1cnc(NC2(c3ccccn3)CC2)c(F)c1. The highest BCUT2D eigenvalue weighted by molar-refractivity contribution is 5.89. The van der Waals surface area contributed by atoms with Gasteiger partial charge in [0.2, 0.25) is 0 Å². The maximum atomic E-state index is 14.1. The summed E-state index contributed by atoms with van der Waals surface area (Å²) >= 11 is 0. The fourth-order valence-electron chi connectivity index (χ4n) is 2.20. The lowest BCUT2D eigenvalue weighted by Crippen LogP contribution is -2.22. The molecule has 6 heteroatoms. The van der Waals surface area contributed by atoms with E-state index in [-0.39, 0.29) is 16.9 Å². The summed E-state index contributed by atoms with van der Waals surface area (Å²) in [6.45, 7) is 0. The molecule has 0 radical (unpaired) electrons. The maximum Gasteiger partial charge on any atom is 0.339 e. The molecule has 1 fully saturated rings. The Morgan fingerprint density at radius 3 is 2.76 bits per heavy atom. The molecule has 0 bridgehead atoms. The molecule has 1 aliphatic carbocycles. The summed E-state index contributed by atoms with van der Waals surface area (Å²) in [6.07, 6.45) is 4.74. The Kier molecular flexibility index (Phi) is 3.29. The molecule has 2 heterocycles. The molecular formula is C15H14FN3O2. The third-order valence-corrected chi connectivity index (χ3v) is 3.53. The molecule has 21 heavy (non-hydrogen) atoms. The Bertz CT molecular complexity index is 672. The number of ether oxygens (including phenoxy) is 1. The minimum Gasteiger partial charge on any atom is -0.465 e. The smallest absolute Gasteiger partial charge is 0.339 e. The van der Waals surface area contributed by atoms with Crippen LogP contribution in [0.25, 0.3) is 0 Å². The number of nitrogens with zero attached hydrogens (tertiary/aromatic N) is 2. The number of aromatic nitrogens is 2. The van der Waals surface area contributed by atoms with E-state index in [0.29, 0.717) is 0 Å². The second-order valence-electron chi connectivity index (χ2n) is 4.97. The van der Waals surface area contributed by atoms with Crippen molar-refractivity contribution in [2.45, 2.75) is 18.4 Å². The van der Waals surface area contributed by atoms with Gasteiger partial charge >= 0.3 is 5.97 Å². The summed E-state index contributed by atoms with van der Waals surface area (Å²) < 4.78 is 18.6. The summed E-state index contributed by atoms with van der Waals surface area (Å²) in [5.74, 6) is -1.08. The van der Waals surface area contributed by atoms with Crippen molar-refractivity contribution in [1.82, 2.24) is 9.97 Å². The van der Waals surface area contributed by atoms with Crippen LogP contribution in [0.2, 0.25) is 0 Å². The van der Waals surface area contributed by atoms with Crippen molar-refractivity contribution < 1.29 is 13.9 Å². The molecule has 2 aromatic heterocycles. The average molecular weight is 287 g/mol. The van der Waals surface area contributed by atoms with Crippen LogP contribution in [0.5, 0.6) is 0 Å². The van der Waals surface area contributed by atoms with E-state index in [2.05, 4.69) is 20.0 Å². The number of pyridine rings is 2. The van der Waals surface area contributed by atoms with Gasteiger partial charge in [0.25, 0.3) is 0 Å². The molecule has 0 aromatic carbocycles. The number of hydrogen-bond donors (Lipinski definition) is 1. The Morgan fingerprint density at radius 2 is 2.19 bits per heavy atom. The quantitative estimate of drug-likeness (QED) is 0.875. The van der Waals surface area contributed by atoms with E-state index in [1.807, 2.05) is 18.2 Å². The van der Waals surface area contributed by atoms with Gasteiger partial charge in [-0.3, -0.25) is 4.98 Å². The minimum absolute atomic E-state index is 0.0863. The second kappa shape index (κ2) is 5.12. The summed E-state index contributed by atoms with van der Waals surface area (Å²) in [5, 5.41) is 3.10. The molecule has 3 rings (SSSR count). The molecule has 5 nitrogen and oxygen atoms in total. The maximum absolute atomic E-state index is 14.1. The highest BCUT2D eigenvalue weighted by Gasteiger charge is 2.46. The molecule has 0 spiro atoms. The average Bonchev–Trinajstić information content (AvgIpc) is 3.30. The Morgan fingerprint density at radius 1 is 1.38 bits per heavy atom. The third kappa shape index (κ3) is 2.56. The Labute approximate surface area is 121 Å². The monoisotopic (exact) mass is 287 g/mol. The molecule has 2 aromatic rings. The number of carbonyl (C=O) groups excluding carboxylic acids is 1. The Hall–Kier alpha value is -2.50. The van der Waals surface area contributed by atoms with E-state index in [4.69, 9.17) is 0 Å². The minimum atomic E-state index is -0.612. The van der Waals surface area contributed by atoms with Gasteiger partial charge in [-0.05, 0) is 31.0 Å². The summed E-state index contributed by atoms with van der Waals surface area (Å²) in [4.78, 5) is 19.6. The van der Waals surface area contributed by atoms with Crippen LogP contribution in [0.4, 0.5) is 10.2 Å². The summed E-state index contributed by atoms with van der Waals surface area (Å²) in [6, 6.07) is 6.76. The molecule has 1 saturated carbocycles. The predicted molar refractivity (Wildman–Crippen MR) is 74.3 cm³/mol. The fraction of sp³-hybridized carbons (Fsp3) is 0.267. The normalized spacial score (nSPS) is 15.3. The summed E-state index contributed by atoms with van der Waals surface area (Å²) in [7, 11) is 1.24. The van der Waals surface area contributed by atoms with Gasteiger partial charge in [-0.2, -0.15) is 0 Å². The number of hydrogen-bond acceptors (Lipinski definition) is 5. The lowest BCUT2D eigenvalue weighted by Gasteiger charge is -2.18. The van der Waals surface area contributed by atoms with Crippen molar-refractivity contribution in [3.05, 3.63) is 53.7 Å². The van der Waals surface area contributed by atoms with Gasteiger partial charge in [-0.15, -0.1) is 0 Å². The second-order valence-corrected chi connectivity index (χ2v) is 4.97. The zero-order valence-corrected chi connectivity index (χ0v) is 11.5. The van der Waals surface area contributed by atoms with Crippen molar-refractivity contribution in [2.24, 2.45) is 0 Å². The lowest BCUT2D eigenvalue weighted by molar-refractivity contribution is 0.0599. The molecular weight excluding hydrogens is 273 g/mol. The van der Waals surface area contributed by atoms with E-state index in [1.165, 1.54) is 13.3 Å². The van der Waals surface area contributed by atoms with E-state index in [9.17, 15) is 9.18 Å². The van der Waals surface area contributed by atoms with Crippen LogP contribution in [-0.2, 0) is 10.3 Å². The largest absolute Gasteiger partial charge is 0.465 e. The number of esters is 1. The van der Waals surface area contributed by atoms with Crippen LogP contribution in [0.3, 0.4) is 0 Å². The molecule has 1 N–H and O–H groups in total. The third-order valence-electron chi connectivity index (χ3n) is 3.53. The first kappa shape index (κ1) is 13.5. The predicted octanol–water partition coefficient (Wildman–Crippen LogP) is 2.50. The Balaban J connectivity index is 1.84. The van der Waals surface area contributed by atoms with Gasteiger partial charge in [-0.25, -0.2) is 14.2 Å². The zero-order chi connectivity index (χ0) is 14.9. The van der Waals surface area contributed by atoms with Crippen LogP contribution < -0.4 is 5.32 Å². The van der Waals surface area contributed by atoms with Crippen LogP contribution >= 0.6 is 0 Å². The number of nitrogens with one attached hydrogen (secondary N) is 1. The first-order valence-electron chi connectivity index (χ1n) is 6.58. The van der Waals surface area contributed by atoms with Crippen LogP contribution in [0.1, 0.15) is 28.9 Å². The molecule has 0 saturated heterocycles. The van der Waals surface area contributed by atoms with Crippen LogP contribution in [0.15, 0.2) is 36.7 Å². The topological polar surface area (TPSA) is 64.1 Å². The number of anilines is 1. The first-order chi connectivity index (χ1) is 10.1. The molecule has 0 aliphatic heterocycles. The van der Waals surface area contributed by atoms with Gasteiger partial charge < -0.3 is 10.1 Å². The van der Waals surface area contributed by atoms with Gasteiger partial charge in [0, 0.05) is 12.4 Å². The highest BCUT2D eigenvalue weighted by atomic mass is 19.1. The van der Waals surface area contributed by atoms with Crippen LogP contribution in [0, 0.1) is 5.82 Å². The van der Waals surface area contributed by atoms with Crippen molar-refractivity contribution >= 4 is 11.8 Å². The number of rotatable bonds is 4. The van der Waals surface area contributed by atoms with E-state index in [0.717, 1.165) is 24.6 Å². The van der Waals surface area contributed by atoms with Gasteiger partial charge in [0.1, 0.15) is 0 Å². The van der Waals surface area contributed by atoms with Gasteiger partial charge in [-0.1, -0.05) is 6.07 Å². The summed E-state index contributed by atoms with van der Waals surface area (Å²) in [5.41, 5.74) is 0.591. The van der Waals surface area contributed by atoms with E-state index < -0.39 is 11.8 Å². The lowest BCUT2D eigenvalue weighted by atomic mass is 10.1. The van der Waals surface area contributed by atoms with E-state index in [1.54, 1.807) is 6.20 Å². The standard InChI is InChI=1S/C15H14FN3O2/c1-21-14(20)10-8-11(16)13(18-9-10)19-15(5-6-15)12-4-2-3-7-17-12/h2-4,7-9H,5-6H2,1H3,(H,18,19). The van der Waals surface area contributed by atoms with Crippen molar-refractivity contribution in [2.75, 3.05) is 12.4 Å². The van der Waals surface area contributed by atoms with Gasteiger partial charge in [0.05, 0.1) is 23.9 Å². The van der Waals surface area contributed by atoms with Crippen molar-refractivity contribution in [3.8, 4) is 0 Å². The number of carbonyl (C=O) groups is 1. The van der Waals surface area contributed by atoms with Crippen LogP contribution in [-0.4, -0.2) is 23.0 Å². The molecule has 0 amide bonds. The molecule has 0 atom stereocenters. The number of methoxy groups -OCH3 is 1. The van der Waals surface area contributed by atoms with Crippen molar-refractivity contribution in [3.63, 3.8) is 0 Å². The number of halogens is 1. The highest BCUT2D eigenvalue weighted by Crippen LogP contribution is 2.47. The van der Waals surface area contributed by atoms with Crippen molar-refractivity contribution in [1.29, 1.82) is 0 Å². The zero-order valence-electron chi connectivity index (χ0n) is 11.5. The molecule has 0 unspecified atom stereocenters. The molecule has 1 aliphatic rings. The van der Waals surface area contributed by atoms with Gasteiger partial charge in [0.15, 0.2) is 11.6 Å². The molecule has 108 valence electrons. The van der Waals surface area contributed by atoms with E-state index >= 15 is 0 Å².